The normalized spacial score (nSPS) is 42.0. The van der Waals surface area contributed by atoms with Gasteiger partial charge in [0.25, 0.3) is 0 Å². The van der Waals surface area contributed by atoms with Crippen LogP contribution in [-0.4, -0.2) is 30.7 Å². The third-order valence-electron chi connectivity index (χ3n) is 5.70. The Balaban J connectivity index is 1.62. The smallest absolute Gasteiger partial charge is 0.325 e. The van der Waals surface area contributed by atoms with Crippen LogP contribution >= 0.6 is 0 Å². The SMILES string of the molecule is CCOC(=O)CNC(=O)NC12CC3CC(C)(CC(C)(C3)C1)C2. The molecule has 2 N–H and O–H groups in total. The van der Waals surface area contributed by atoms with E-state index >= 15 is 0 Å². The van der Waals surface area contributed by atoms with Crippen LogP contribution in [0.3, 0.4) is 0 Å². The van der Waals surface area contributed by atoms with Crippen molar-refractivity contribution in [3.63, 3.8) is 0 Å². The maximum atomic E-state index is 12.2. The zero-order valence-electron chi connectivity index (χ0n) is 14.0. The number of carbonyl (C=O) groups is 2. The topological polar surface area (TPSA) is 67.4 Å². The maximum Gasteiger partial charge on any atom is 0.325 e. The lowest BCUT2D eigenvalue weighted by atomic mass is 9.43. The molecule has 0 heterocycles. The molecule has 4 aliphatic rings. The Morgan fingerprint density at radius 2 is 1.73 bits per heavy atom. The fourth-order valence-electron chi connectivity index (χ4n) is 6.24. The van der Waals surface area contributed by atoms with E-state index in [0.29, 0.717) is 17.4 Å². The number of urea groups is 1. The second-order valence-electron chi connectivity index (χ2n) is 8.52. The molecule has 2 amide bonds. The minimum atomic E-state index is -0.387. The molecule has 0 aromatic heterocycles. The van der Waals surface area contributed by atoms with Crippen LogP contribution in [-0.2, 0) is 9.53 Å². The summed E-state index contributed by atoms with van der Waals surface area (Å²) in [6.07, 6.45) is 7.11. The van der Waals surface area contributed by atoms with Crippen LogP contribution in [0.25, 0.3) is 0 Å². The van der Waals surface area contributed by atoms with Gasteiger partial charge in [0.1, 0.15) is 6.54 Å². The predicted octanol–water partition coefficient (Wildman–Crippen LogP) is 2.60. The van der Waals surface area contributed by atoms with E-state index in [1.165, 1.54) is 19.3 Å². The van der Waals surface area contributed by atoms with Gasteiger partial charge in [0.2, 0.25) is 0 Å². The minimum Gasteiger partial charge on any atom is -0.465 e. The molecule has 0 aromatic rings. The highest BCUT2D eigenvalue weighted by Crippen LogP contribution is 2.66. The lowest BCUT2D eigenvalue weighted by Gasteiger charge is -2.65. The lowest BCUT2D eigenvalue weighted by molar-refractivity contribution is -0.141. The summed E-state index contributed by atoms with van der Waals surface area (Å²) in [6, 6.07) is -0.234. The van der Waals surface area contributed by atoms with E-state index in [2.05, 4.69) is 24.5 Å². The minimum absolute atomic E-state index is 0.0618. The Kier molecular flexibility index (Phi) is 3.65. The molecule has 4 fully saturated rings. The number of carbonyl (C=O) groups excluding carboxylic acids is 2. The van der Waals surface area contributed by atoms with Gasteiger partial charge in [0.05, 0.1) is 6.61 Å². The van der Waals surface area contributed by atoms with E-state index < -0.39 is 0 Å². The highest BCUT2D eigenvalue weighted by atomic mass is 16.5. The number of nitrogens with one attached hydrogen (secondary N) is 2. The van der Waals surface area contributed by atoms with Gasteiger partial charge in [-0.1, -0.05) is 13.8 Å². The van der Waals surface area contributed by atoms with Gasteiger partial charge in [-0.2, -0.15) is 0 Å². The molecule has 124 valence electrons. The Hall–Kier alpha value is -1.26. The van der Waals surface area contributed by atoms with Gasteiger partial charge in [-0.05, 0) is 62.2 Å². The zero-order valence-corrected chi connectivity index (χ0v) is 14.0. The Morgan fingerprint density at radius 1 is 1.09 bits per heavy atom. The zero-order chi connectivity index (χ0) is 16.0. The molecule has 2 atom stereocenters. The number of rotatable bonds is 4. The fourth-order valence-corrected chi connectivity index (χ4v) is 6.24. The molecule has 4 bridgehead atoms. The monoisotopic (exact) mass is 308 g/mol. The summed E-state index contributed by atoms with van der Waals surface area (Å²) in [4.78, 5) is 23.6. The van der Waals surface area contributed by atoms with Gasteiger partial charge in [-0.25, -0.2) is 4.79 Å². The van der Waals surface area contributed by atoms with E-state index in [4.69, 9.17) is 4.74 Å². The molecule has 0 radical (unpaired) electrons. The van der Waals surface area contributed by atoms with Crippen LogP contribution < -0.4 is 10.6 Å². The van der Waals surface area contributed by atoms with Crippen molar-refractivity contribution in [3.8, 4) is 0 Å². The number of hydrogen-bond donors (Lipinski definition) is 2. The van der Waals surface area contributed by atoms with Crippen LogP contribution in [0.1, 0.15) is 59.3 Å². The van der Waals surface area contributed by atoms with Gasteiger partial charge >= 0.3 is 12.0 Å². The third kappa shape index (κ3) is 2.95. The maximum absolute atomic E-state index is 12.2. The Morgan fingerprint density at radius 3 is 2.27 bits per heavy atom. The average Bonchev–Trinajstić information content (AvgIpc) is 2.31. The van der Waals surface area contributed by atoms with Gasteiger partial charge in [-0.3, -0.25) is 4.79 Å². The number of ether oxygens (including phenoxy) is 1. The first-order chi connectivity index (χ1) is 10.3. The summed E-state index contributed by atoms with van der Waals surface area (Å²) >= 11 is 0. The summed E-state index contributed by atoms with van der Waals surface area (Å²) in [7, 11) is 0. The third-order valence-corrected chi connectivity index (χ3v) is 5.70. The lowest BCUT2D eigenvalue weighted by Crippen LogP contribution is -2.66. The van der Waals surface area contributed by atoms with Crippen LogP contribution in [0.2, 0.25) is 0 Å². The van der Waals surface area contributed by atoms with Crippen LogP contribution in [0.5, 0.6) is 0 Å². The first kappa shape index (κ1) is 15.6. The molecule has 4 rings (SSSR count). The van der Waals surface area contributed by atoms with Gasteiger partial charge in [0, 0.05) is 5.54 Å². The number of amides is 2. The van der Waals surface area contributed by atoms with Crippen LogP contribution in [0, 0.1) is 16.7 Å². The molecule has 0 aliphatic heterocycles. The van der Waals surface area contributed by atoms with Crippen molar-refractivity contribution in [2.75, 3.05) is 13.2 Å². The largest absolute Gasteiger partial charge is 0.465 e. The quantitative estimate of drug-likeness (QED) is 0.784. The Bertz CT molecular complexity index is 472. The van der Waals surface area contributed by atoms with Crippen molar-refractivity contribution in [1.29, 1.82) is 0 Å². The summed E-state index contributed by atoms with van der Waals surface area (Å²) in [5.74, 6) is 0.346. The predicted molar refractivity (Wildman–Crippen MR) is 83.3 cm³/mol. The first-order valence-electron chi connectivity index (χ1n) is 8.47. The van der Waals surface area contributed by atoms with Crippen molar-refractivity contribution >= 4 is 12.0 Å². The standard InChI is InChI=1S/C17H28N2O3/c1-4-22-13(20)8-18-14(21)19-17-7-12-5-15(2,10-17)9-16(3,6-12)11-17/h12H,4-11H2,1-3H3,(H2,18,19,21). The second kappa shape index (κ2) is 5.14. The molecule has 4 aliphatic carbocycles. The number of hydrogen-bond acceptors (Lipinski definition) is 3. The average molecular weight is 308 g/mol. The summed E-state index contributed by atoms with van der Waals surface area (Å²) in [5, 5.41) is 5.86. The molecule has 5 heteroatoms. The van der Waals surface area contributed by atoms with Gasteiger partial charge in [0.15, 0.2) is 0 Å². The van der Waals surface area contributed by atoms with E-state index in [1.807, 2.05) is 0 Å². The van der Waals surface area contributed by atoms with E-state index in [0.717, 1.165) is 25.2 Å². The van der Waals surface area contributed by atoms with Crippen molar-refractivity contribution in [3.05, 3.63) is 0 Å². The molecular weight excluding hydrogens is 280 g/mol. The Labute approximate surface area is 132 Å². The fraction of sp³-hybridized carbons (Fsp3) is 0.882. The van der Waals surface area contributed by atoms with Gasteiger partial charge in [-0.15, -0.1) is 0 Å². The van der Waals surface area contributed by atoms with Gasteiger partial charge < -0.3 is 15.4 Å². The first-order valence-corrected chi connectivity index (χ1v) is 8.47. The van der Waals surface area contributed by atoms with E-state index in [-0.39, 0.29) is 24.1 Å². The second-order valence-corrected chi connectivity index (χ2v) is 8.52. The molecule has 0 aromatic carbocycles. The summed E-state index contributed by atoms with van der Waals surface area (Å²) in [5.41, 5.74) is 0.646. The van der Waals surface area contributed by atoms with E-state index in [1.54, 1.807) is 6.92 Å². The van der Waals surface area contributed by atoms with E-state index in [9.17, 15) is 9.59 Å². The molecule has 2 unspecified atom stereocenters. The highest BCUT2D eigenvalue weighted by molar-refractivity contribution is 5.81. The molecule has 4 saturated carbocycles. The van der Waals surface area contributed by atoms with Crippen molar-refractivity contribution in [1.82, 2.24) is 10.6 Å². The molecule has 0 spiro atoms. The van der Waals surface area contributed by atoms with Crippen molar-refractivity contribution < 1.29 is 14.3 Å². The molecule has 5 nitrogen and oxygen atoms in total. The summed E-state index contributed by atoms with van der Waals surface area (Å²) < 4.78 is 4.84. The number of esters is 1. The van der Waals surface area contributed by atoms with Crippen LogP contribution in [0.4, 0.5) is 4.79 Å². The molecule has 0 saturated heterocycles. The van der Waals surface area contributed by atoms with Crippen molar-refractivity contribution in [2.24, 2.45) is 16.7 Å². The molecular formula is C17H28N2O3. The van der Waals surface area contributed by atoms with Crippen molar-refractivity contribution in [2.45, 2.75) is 64.8 Å². The summed E-state index contributed by atoms with van der Waals surface area (Å²) in [6.45, 7) is 6.79. The highest BCUT2D eigenvalue weighted by Gasteiger charge is 2.60. The molecule has 22 heavy (non-hydrogen) atoms. The van der Waals surface area contributed by atoms with Crippen LogP contribution in [0.15, 0.2) is 0 Å².